The third-order valence-electron chi connectivity index (χ3n) is 5.62. The zero-order valence-electron chi connectivity index (χ0n) is 21.6. The summed E-state index contributed by atoms with van der Waals surface area (Å²) in [4.78, 5) is 23.2. The molecule has 0 spiro atoms. The van der Waals surface area contributed by atoms with Crippen LogP contribution in [-0.2, 0) is 31.9 Å². The second-order valence-electron chi connectivity index (χ2n) is 8.36. The molecule has 2 aromatic rings. The highest BCUT2D eigenvalue weighted by Crippen LogP contribution is 2.33. The van der Waals surface area contributed by atoms with Crippen LogP contribution in [0.25, 0.3) is 11.1 Å². The van der Waals surface area contributed by atoms with E-state index in [1.165, 1.54) is 24.0 Å². The highest BCUT2D eigenvalue weighted by atomic mass is 16.7. The Morgan fingerprint density at radius 2 is 1.54 bits per heavy atom. The lowest BCUT2D eigenvalue weighted by Gasteiger charge is -2.16. The second kappa shape index (κ2) is 15.5. The summed E-state index contributed by atoms with van der Waals surface area (Å²) in [6.07, 6.45) is 5.36. The lowest BCUT2D eigenvalue weighted by molar-refractivity contribution is -0.145. The van der Waals surface area contributed by atoms with Crippen LogP contribution in [0.3, 0.4) is 0 Å². The average Bonchev–Trinajstić information content (AvgIpc) is 2.91. The molecule has 0 aromatic heterocycles. The molecule has 8 nitrogen and oxygen atoms in total. The molecule has 0 bridgehead atoms. The van der Waals surface area contributed by atoms with Crippen molar-refractivity contribution in [1.82, 2.24) is 0 Å². The van der Waals surface area contributed by atoms with Gasteiger partial charge < -0.3 is 29.2 Å². The average molecular weight is 513 g/mol. The van der Waals surface area contributed by atoms with E-state index < -0.39 is 31.8 Å². The molecule has 0 atom stereocenters. The molecule has 0 fully saturated rings. The third-order valence-corrected chi connectivity index (χ3v) is 5.62. The van der Waals surface area contributed by atoms with Gasteiger partial charge in [0.1, 0.15) is 18.1 Å². The summed E-state index contributed by atoms with van der Waals surface area (Å²) in [6.45, 7) is 9.25. The lowest BCUT2D eigenvalue weighted by atomic mass is 9.94. The third kappa shape index (κ3) is 9.40. The Kier molecular flexibility index (Phi) is 12.4. The van der Waals surface area contributed by atoms with Crippen LogP contribution in [0.1, 0.15) is 44.2 Å². The molecular weight excluding hydrogens is 476 g/mol. The van der Waals surface area contributed by atoms with Crippen molar-refractivity contribution in [2.24, 2.45) is 0 Å². The minimum absolute atomic E-state index is 0.0807. The Morgan fingerprint density at radius 1 is 0.865 bits per heavy atom. The number of carbonyl (C=O) groups is 2. The number of hydrogen-bond acceptors (Lipinski definition) is 8. The molecule has 0 aliphatic heterocycles. The number of ether oxygens (including phenoxy) is 4. The lowest BCUT2D eigenvalue weighted by Crippen LogP contribution is -2.14. The van der Waals surface area contributed by atoms with Gasteiger partial charge in [-0.25, -0.2) is 4.79 Å². The van der Waals surface area contributed by atoms with Gasteiger partial charge in [-0.05, 0) is 53.6 Å². The van der Waals surface area contributed by atoms with Crippen molar-refractivity contribution in [2.45, 2.75) is 46.0 Å². The summed E-state index contributed by atoms with van der Waals surface area (Å²) in [7, 11) is 0. The zero-order valence-corrected chi connectivity index (χ0v) is 21.6. The molecule has 0 heterocycles. The van der Waals surface area contributed by atoms with E-state index in [-0.39, 0.29) is 18.1 Å². The molecule has 0 aliphatic rings. The normalized spacial score (nSPS) is 10.5. The first kappa shape index (κ1) is 29.6. The minimum Gasteiger partial charge on any atom is -0.457 e. The summed E-state index contributed by atoms with van der Waals surface area (Å²) >= 11 is 0. The predicted octanol–water partition coefficient (Wildman–Crippen LogP) is 4.50. The van der Waals surface area contributed by atoms with E-state index >= 15 is 0 Å². The molecule has 2 N–H and O–H groups in total. The summed E-state index contributed by atoms with van der Waals surface area (Å²) in [5.41, 5.74) is 4.20. The van der Waals surface area contributed by atoms with Crippen molar-refractivity contribution >= 4 is 11.8 Å². The van der Waals surface area contributed by atoms with Gasteiger partial charge in [0.15, 0.2) is 5.76 Å². The second-order valence-corrected chi connectivity index (χ2v) is 8.36. The highest BCUT2D eigenvalue weighted by molar-refractivity contribution is 5.93. The molecule has 2 aromatic carbocycles. The van der Waals surface area contributed by atoms with Crippen LogP contribution in [0.5, 0.6) is 11.5 Å². The van der Waals surface area contributed by atoms with E-state index in [9.17, 15) is 9.59 Å². The van der Waals surface area contributed by atoms with Crippen LogP contribution >= 0.6 is 0 Å². The van der Waals surface area contributed by atoms with E-state index in [2.05, 4.69) is 45.2 Å². The molecule has 2 rings (SSSR count). The monoisotopic (exact) mass is 512 g/mol. The summed E-state index contributed by atoms with van der Waals surface area (Å²) in [5, 5.41) is 17.9. The molecule has 0 saturated carbocycles. The number of carbonyl (C=O) groups excluding carboxylic acids is 2. The van der Waals surface area contributed by atoms with E-state index in [1.54, 1.807) is 6.07 Å². The fourth-order valence-corrected chi connectivity index (χ4v) is 3.50. The maximum atomic E-state index is 11.8. The maximum absolute atomic E-state index is 11.8. The largest absolute Gasteiger partial charge is 0.457 e. The number of ketones is 1. The van der Waals surface area contributed by atoms with Crippen molar-refractivity contribution in [3.63, 3.8) is 0 Å². The van der Waals surface area contributed by atoms with Gasteiger partial charge >= 0.3 is 5.97 Å². The van der Waals surface area contributed by atoms with Crippen LogP contribution in [-0.4, -0.2) is 48.8 Å². The van der Waals surface area contributed by atoms with Crippen LogP contribution in [0.2, 0.25) is 0 Å². The van der Waals surface area contributed by atoms with Gasteiger partial charge in [-0.3, -0.25) is 4.79 Å². The summed E-state index contributed by atoms with van der Waals surface area (Å²) < 4.78 is 21.5. The SMILES string of the molecule is C=C(CO)C(=O)OCOc1cc(OCOC(=C)C(=O)CO)cc(-c2ccc(CCCCC)cc2CC)c1. The Bertz CT molecular complexity index is 1040. The summed E-state index contributed by atoms with van der Waals surface area (Å²) in [5.74, 6) is -0.856. The van der Waals surface area contributed by atoms with E-state index in [1.807, 2.05) is 12.1 Å². The van der Waals surface area contributed by atoms with Crippen molar-refractivity contribution in [3.05, 3.63) is 72.0 Å². The number of esters is 1. The van der Waals surface area contributed by atoms with Crippen molar-refractivity contribution < 1.29 is 38.7 Å². The van der Waals surface area contributed by atoms with Gasteiger partial charge in [-0.1, -0.05) is 58.0 Å². The number of aliphatic hydroxyl groups is 2. The number of unbranched alkanes of at least 4 members (excludes halogenated alkanes) is 2. The van der Waals surface area contributed by atoms with E-state index in [0.717, 1.165) is 30.4 Å². The molecule has 0 saturated heterocycles. The van der Waals surface area contributed by atoms with Crippen molar-refractivity contribution in [2.75, 3.05) is 26.8 Å². The number of aliphatic hydroxyl groups excluding tert-OH is 2. The Labute approximate surface area is 218 Å². The number of rotatable bonds is 17. The molecule has 37 heavy (non-hydrogen) atoms. The van der Waals surface area contributed by atoms with Crippen LogP contribution in [0, 0.1) is 0 Å². The number of Topliss-reactive ketones (excluding diaryl/α,β-unsaturated/α-hetero) is 1. The molecule has 200 valence electrons. The Hall–Kier alpha value is -3.62. The first-order chi connectivity index (χ1) is 17.8. The van der Waals surface area contributed by atoms with Gasteiger partial charge in [0.05, 0.1) is 12.2 Å². The highest BCUT2D eigenvalue weighted by Gasteiger charge is 2.13. The zero-order chi connectivity index (χ0) is 27.2. The Balaban J connectivity index is 2.28. The number of hydrogen-bond donors (Lipinski definition) is 2. The Morgan fingerprint density at radius 3 is 2.14 bits per heavy atom. The fraction of sp³-hybridized carbons (Fsp3) is 0.379. The molecule has 0 amide bonds. The molecule has 0 radical (unpaired) electrons. The first-order valence-electron chi connectivity index (χ1n) is 12.3. The van der Waals surface area contributed by atoms with Crippen molar-refractivity contribution in [3.8, 4) is 22.6 Å². The minimum atomic E-state index is -0.762. The molecule has 0 unspecified atom stereocenters. The van der Waals surface area contributed by atoms with Crippen LogP contribution in [0.15, 0.2) is 60.9 Å². The fourth-order valence-electron chi connectivity index (χ4n) is 3.50. The summed E-state index contributed by atoms with van der Waals surface area (Å²) in [6, 6.07) is 11.6. The quantitative estimate of drug-likeness (QED) is 0.105. The van der Waals surface area contributed by atoms with Gasteiger partial charge in [-0.2, -0.15) is 0 Å². The van der Waals surface area contributed by atoms with Crippen molar-refractivity contribution in [1.29, 1.82) is 0 Å². The first-order valence-corrected chi connectivity index (χ1v) is 12.3. The predicted molar refractivity (Wildman–Crippen MR) is 140 cm³/mol. The molecule has 0 aliphatic carbocycles. The van der Waals surface area contributed by atoms with Gasteiger partial charge in [0.2, 0.25) is 19.4 Å². The van der Waals surface area contributed by atoms with E-state index in [0.29, 0.717) is 11.5 Å². The van der Waals surface area contributed by atoms with Gasteiger partial charge in [-0.15, -0.1) is 0 Å². The van der Waals surface area contributed by atoms with Gasteiger partial charge in [0.25, 0.3) is 0 Å². The molecular formula is C29H36O8. The van der Waals surface area contributed by atoms with Crippen LogP contribution in [0.4, 0.5) is 0 Å². The standard InChI is InChI=1S/C29H36O8/c1-5-7-8-9-22-10-11-27(23(6-2)12-22)24-13-25(35-18-34-21(4)28(32)17-31)15-26(14-24)36-19-37-29(33)20(3)16-30/h10-15,30-31H,3-9,16-19H2,1-2H3. The maximum Gasteiger partial charge on any atom is 0.338 e. The number of benzene rings is 2. The molecule has 8 heteroatoms. The van der Waals surface area contributed by atoms with Crippen LogP contribution < -0.4 is 9.47 Å². The topological polar surface area (TPSA) is 112 Å². The van der Waals surface area contributed by atoms with E-state index in [4.69, 9.17) is 29.2 Å². The van der Waals surface area contributed by atoms with Gasteiger partial charge in [0, 0.05) is 6.07 Å². The smallest absolute Gasteiger partial charge is 0.338 e. The number of aryl methyl sites for hydroxylation is 2.